The Bertz CT molecular complexity index is 850. The number of benzene rings is 2. The average molecular weight is 320 g/mol. The molecule has 0 radical (unpaired) electrons. The zero-order valence-electron chi connectivity index (χ0n) is 14.1. The van der Waals surface area contributed by atoms with Gasteiger partial charge in [-0.05, 0) is 29.3 Å². The zero-order valence-corrected chi connectivity index (χ0v) is 14.1. The van der Waals surface area contributed by atoms with Crippen molar-refractivity contribution < 1.29 is 4.92 Å². The maximum absolute atomic E-state index is 11.2. The van der Waals surface area contributed by atoms with Gasteiger partial charge in [0, 0.05) is 30.4 Å². The summed E-state index contributed by atoms with van der Waals surface area (Å²) >= 11 is 0. The van der Waals surface area contributed by atoms with Gasteiger partial charge in [-0.15, -0.1) is 0 Å². The van der Waals surface area contributed by atoms with E-state index in [1.54, 1.807) is 12.1 Å². The first kappa shape index (κ1) is 16.0. The van der Waals surface area contributed by atoms with Crippen LogP contribution in [-0.4, -0.2) is 12.0 Å². The van der Waals surface area contributed by atoms with Crippen molar-refractivity contribution in [2.75, 3.05) is 11.9 Å². The van der Waals surface area contributed by atoms with Crippen LogP contribution in [0.5, 0.6) is 0 Å². The van der Waals surface area contributed by atoms with Crippen LogP contribution in [0.25, 0.3) is 6.08 Å². The molecule has 0 amide bonds. The number of nitro groups is 1. The summed E-state index contributed by atoms with van der Waals surface area (Å²) in [6.45, 7) is 4.35. The van der Waals surface area contributed by atoms with Crippen molar-refractivity contribution in [3.63, 3.8) is 0 Å². The minimum absolute atomic E-state index is 0.122. The highest BCUT2D eigenvalue weighted by Gasteiger charge is 2.31. The summed E-state index contributed by atoms with van der Waals surface area (Å²) in [6, 6.07) is 15.1. The van der Waals surface area contributed by atoms with Crippen molar-refractivity contribution in [3.8, 4) is 0 Å². The molecule has 0 atom stereocenters. The maximum Gasteiger partial charge on any atom is 0.276 e. The summed E-state index contributed by atoms with van der Waals surface area (Å²) in [5.41, 5.74) is 4.12. The number of fused-ring (bicyclic) bond motifs is 1. The molecule has 4 heteroatoms. The molecule has 24 heavy (non-hydrogen) atoms. The lowest BCUT2D eigenvalue weighted by atomic mass is 9.75. The highest BCUT2D eigenvalue weighted by atomic mass is 16.6. The van der Waals surface area contributed by atoms with Gasteiger partial charge in [-0.25, -0.2) is 0 Å². The molecule has 0 aliphatic carbocycles. The smallest absolute Gasteiger partial charge is 0.276 e. The van der Waals surface area contributed by atoms with Gasteiger partial charge in [0.1, 0.15) is 0 Å². The van der Waals surface area contributed by atoms with E-state index in [0.29, 0.717) is 5.56 Å². The molecule has 1 heterocycles. The number of anilines is 1. The van der Waals surface area contributed by atoms with Crippen molar-refractivity contribution in [2.45, 2.75) is 19.3 Å². The first-order valence-corrected chi connectivity index (χ1v) is 7.87. The number of rotatable bonds is 3. The minimum Gasteiger partial charge on any atom is -0.350 e. The molecule has 0 N–H and O–H groups in total. The molecule has 4 nitrogen and oxygen atoms in total. The van der Waals surface area contributed by atoms with Gasteiger partial charge in [-0.3, -0.25) is 10.1 Å². The Morgan fingerprint density at radius 1 is 1.04 bits per heavy atom. The summed E-state index contributed by atoms with van der Waals surface area (Å²) in [7, 11) is 2.02. The average Bonchev–Trinajstić information content (AvgIpc) is 2.57. The van der Waals surface area contributed by atoms with E-state index in [1.165, 1.54) is 17.3 Å². The third-order valence-corrected chi connectivity index (χ3v) is 4.59. The number of para-hydroxylation sites is 2. The fourth-order valence-electron chi connectivity index (χ4n) is 3.13. The van der Waals surface area contributed by atoms with E-state index in [4.69, 9.17) is 0 Å². The van der Waals surface area contributed by atoms with E-state index >= 15 is 0 Å². The van der Waals surface area contributed by atoms with Gasteiger partial charge < -0.3 is 4.90 Å². The largest absolute Gasteiger partial charge is 0.350 e. The Kier molecular flexibility index (Phi) is 3.97. The van der Waals surface area contributed by atoms with Crippen LogP contribution in [-0.2, 0) is 5.41 Å². The van der Waals surface area contributed by atoms with E-state index in [0.717, 1.165) is 5.57 Å². The third kappa shape index (κ3) is 2.71. The van der Waals surface area contributed by atoms with Crippen LogP contribution in [0.2, 0.25) is 0 Å². The molecular formula is C20H20N2O2. The summed E-state index contributed by atoms with van der Waals surface area (Å²) in [4.78, 5) is 12.9. The second-order valence-electron chi connectivity index (χ2n) is 6.49. The SMILES string of the molecule is CN1C=C(C=Cc2ccccc2[N+](=O)[O-])C(C)(C)c2ccccc21. The molecule has 0 unspecified atom stereocenters. The van der Waals surface area contributed by atoms with E-state index in [2.05, 4.69) is 37.1 Å². The normalized spacial score (nSPS) is 16.0. The first-order chi connectivity index (χ1) is 11.4. The minimum atomic E-state index is -0.346. The summed E-state index contributed by atoms with van der Waals surface area (Å²) in [6.07, 6.45) is 5.90. The van der Waals surface area contributed by atoms with E-state index in [9.17, 15) is 10.1 Å². The Morgan fingerprint density at radius 2 is 1.71 bits per heavy atom. The maximum atomic E-state index is 11.2. The fraction of sp³-hybridized carbons (Fsp3) is 0.200. The molecule has 0 spiro atoms. The van der Waals surface area contributed by atoms with E-state index < -0.39 is 0 Å². The van der Waals surface area contributed by atoms with Crippen molar-refractivity contribution in [3.05, 3.63) is 87.6 Å². The van der Waals surface area contributed by atoms with Gasteiger partial charge in [0.25, 0.3) is 5.69 Å². The Hall–Kier alpha value is -2.88. The van der Waals surface area contributed by atoms with Gasteiger partial charge in [0.05, 0.1) is 10.5 Å². The molecule has 122 valence electrons. The Morgan fingerprint density at radius 3 is 2.46 bits per heavy atom. The van der Waals surface area contributed by atoms with Crippen LogP contribution in [0.4, 0.5) is 11.4 Å². The molecule has 0 bridgehead atoms. The molecule has 0 saturated carbocycles. The van der Waals surface area contributed by atoms with Gasteiger partial charge in [0.2, 0.25) is 0 Å². The van der Waals surface area contributed by atoms with Gasteiger partial charge in [-0.1, -0.05) is 50.3 Å². The van der Waals surface area contributed by atoms with Crippen LogP contribution >= 0.6 is 0 Å². The third-order valence-electron chi connectivity index (χ3n) is 4.59. The molecule has 2 aromatic rings. The first-order valence-electron chi connectivity index (χ1n) is 7.87. The van der Waals surface area contributed by atoms with E-state index in [1.807, 2.05) is 37.4 Å². The number of hydrogen-bond donors (Lipinski definition) is 0. The predicted molar refractivity (Wildman–Crippen MR) is 98.1 cm³/mol. The molecule has 0 aromatic heterocycles. The quantitative estimate of drug-likeness (QED) is 0.595. The fourth-order valence-corrected chi connectivity index (χ4v) is 3.13. The van der Waals surface area contributed by atoms with E-state index in [-0.39, 0.29) is 16.0 Å². The zero-order chi connectivity index (χ0) is 17.3. The van der Waals surface area contributed by atoms with Gasteiger partial charge in [-0.2, -0.15) is 0 Å². The number of allylic oxidation sites excluding steroid dienone is 2. The summed E-state index contributed by atoms with van der Waals surface area (Å²) < 4.78 is 0. The van der Waals surface area contributed by atoms with Crippen molar-refractivity contribution in [1.29, 1.82) is 0 Å². The van der Waals surface area contributed by atoms with Crippen molar-refractivity contribution in [1.82, 2.24) is 0 Å². The lowest BCUT2D eigenvalue weighted by Gasteiger charge is -2.37. The lowest BCUT2D eigenvalue weighted by Crippen LogP contribution is -2.29. The summed E-state index contributed by atoms with van der Waals surface area (Å²) in [5, 5.41) is 11.2. The highest BCUT2D eigenvalue weighted by Crippen LogP contribution is 2.42. The predicted octanol–water partition coefficient (Wildman–Crippen LogP) is 4.92. The van der Waals surface area contributed by atoms with Crippen LogP contribution in [0.3, 0.4) is 0 Å². The monoisotopic (exact) mass is 320 g/mol. The number of nitrogens with zero attached hydrogens (tertiary/aromatic N) is 2. The number of nitro benzene ring substituents is 1. The molecule has 0 fully saturated rings. The highest BCUT2D eigenvalue weighted by molar-refractivity contribution is 5.69. The Labute approximate surface area is 141 Å². The van der Waals surface area contributed by atoms with Gasteiger partial charge >= 0.3 is 0 Å². The van der Waals surface area contributed by atoms with Gasteiger partial charge in [0.15, 0.2) is 0 Å². The molecule has 1 aliphatic heterocycles. The standard InChI is InChI=1S/C20H20N2O2/c1-20(2)16(14-21(3)19-11-7-5-9-17(19)20)13-12-15-8-4-6-10-18(15)22(23)24/h4-14H,1-3H3. The molecule has 1 aliphatic rings. The van der Waals surface area contributed by atoms with Crippen molar-refractivity contribution >= 4 is 17.5 Å². The Balaban J connectivity index is 2.01. The van der Waals surface area contributed by atoms with Crippen LogP contribution in [0.1, 0.15) is 25.0 Å². The molecule has 2 aromatic carbocycles. The molecule has 0 saturated heterocycles. The van der Waals surface area contributed by atoms with Crippen molar-refractivity contribution in [2.24, 2.45) is 0 Å². The summed E-state index contributed by atoms with van der Waals surface area (Å²) in [5.74, 6) is 0. The molecule has 3 rings (SSSR count). The lowest BCUT2D eigenvalue weighted by molar-refractivity contribution is -0.385. The molecular weight excluding hydrogens is 300 g/mol. The topological polar surface area (TPSA) is 46.4 Å². The second kappa shape index (κ2) is 5.96. The second-order valence-corrected chi connectivity index (χ2v) is 6.49. The van der Waals surface area contributed by atoms with Crippen LogP contribution in [0.15, 0.2) is 66.4 Å². The number of hydrogen-bond acceptors (Lipinski definition) is 3. The van der Waals surface area contributed by atoms with Crippen LogP contribution < -0.4 is 4.90 Å². The van der Waals surface area contributed by atoms with Crippen LogP contribution in [0, 0.1) is 10.1 Å².